The highest BCUT2D eigenvalue weighted by atomic mass is 31.0. The molecule has 1 aliphatic heterocycles. The molecule has 1 heterocycles. The molecule has 3 N–H and O–H groups in total. The molecule has 2 atom stereocenters. The molecular weight excluding hydrogens is 491 g/mol. The third kappa shape index (κ3) is 5.47. The van der Waals surface area contributed by atoms with Gasteiger partial charge in [-0.2, -0.15) is 5.10 Å². The average Bonchev–Trinajstić information content (AvgIpc) is 3.03. The maximum atomic E-state index is 12.8. The Kier molecular flexibility index (Phi) is 7.55. The summed E-state index contributed by atoms with van der Waals surface area (Å²) in [5.74, 6) is 0.206. The molecule has 190 valence electrons. The van der Waals surface area contributed by atoms with Crippen LogP contribution >= 0.6 is 9.24 Å². The summed E-state index contributed by atoms with van der Waals surface area (Å²) in [6, 6.07) is 16.9. The first-order valence-electron chi connectivity index (χ1n) is 11.5. The second-order valence-electron chi connectivity index (χ2n) is 8.53. The molecule has 0 fully saturated rings. The van der Waals surface area contributed by atoms with Crippen molar-refractivity contribution in [2.45, 2.75) is 19.4 Å². The first-order valence-corrected chi connectivity index (χ1v) is 12.0. The number of anilines is 1. The highest BCUT2D eigenvalue weighted by Gasteiger charge is 2.27. The zero-order chi connectivity index (χ0) is 26.7. The Bertz CT molecular complexity index is 1400. The summed E-state index contributed by atoms with van der Waals surface area (Å²) in [6.07, 6.45) is 0.563. The van der Waals surface area contributed by atoms with Crippen LogP contribution in [-0.2, 0) is 6.42 Å². The number of nitrogens with zero attached hydrogens (tertiary/aromatic N) is 2. The van der Waals surface area contributed by atoms with E-state index in [1.165, 1.54) is 11.1 Å². The van der Waals surface area contributed by atoms with Crippen LogP contribution in [0.2, 0.25) is 0 Å². The van der Waals surface area contributed by atoms with Crippen LogP contribution in [0.15, 0.2) is 65.8 Å². The number of rotatable bonds is 6. The van der Waals surface area contributed by atoms with Crippen LogP contribution in [-0.4, -0.2) is 48.4 Å². The fraction of sp³-hybridized carbons (Fsp3) is 0.185. The summed E-state index contributed by atoms with van der Waals surface area (Å²) in [6.45, 7) is 1.93. The number of ether oxygens (including phenoxy) is 2. The van der Waals surface area contributed by atoms with Crippen molar-refractivity contribution in [1.29, 1.82) is 0 Å². The lowest BCUT2D eigenvalue weighted by atomic mass is 9.93. The minimum Gasteiger partial charge on any atom is -0.493 e. The molecule has 37 heavy (non-hydrogen) atoms. The predicted octanol–water partition coefficient (Wildman–Crippen LogP) is 4.05. The normalized spacial score (nSPS) is 14.6. The lowest BCUT2D eigenvalue weighted by Crippen LogP contribution is -2.31. The fourth-order valence-corrected chi connectivity index (χ4v) is 4.50. The Morgan fingerprint density at radius 2 is 1.68 bits per heavy atom. The van der Waals surface area contributed by atoms with Crippen molar-refractivity contribution in [1.82, 2.24) is 5.01 Å². The topological polar surface area (TPSA) is 123 Å². The Hall–Kier alpha value is -4.23. The predicted molar refractivity (Wildman–Crippen MR) is 145 cm³/mol. The lowest BCUT2D eigenvalue weighted by molar-refractivity contribution is 0.0996. The maximum absolute atomic E-state index is 12.8. The van der Waals surface area contributed by atoms with Crippen LogP contribution in [0.1, 0.15) is 44.3 Å². The number of hydrogen-bond acceptors (Lipinski definition) is 6. The van der Waals surface area contributed by atoms with Crippen LogP contribution in [0.25, 0.3) is 0 Å². The van der Waals surface area contributed by atoms with Crippen molar-refractivity contribution in [3.63, 3.8) is 0 Å². The summed E-state index contributed by atoms with van der Waals surface area (Å²) in [7, 11) is 5.31. The number of nitrogens with one attached hydrogen (secondary N) is 1. The quantitative estimate of drug-likeness (QED) is 0.477. The second kappa shape index (κ2) is 10.8. The van der Waals surface area contributed by atoms with Crippen molar-refractivity contribution in [3.05, 3.63) is 88.5 Å². The van der Waals surface area contributed by atoms with Crippen LogP contribution in [0.4, 0.5) is 10.5 Å². The molecule has 3 amide bonds. The van der Waals surface area contributed by atoms with E-state index in [2.05, 4.69) is 14.6 Å². The van der Waals surface area contributed by atoms with Crippen molar-refractivity contribution in [2.75, 3.05) is 19.5 Å². The Balaban J connectivity index is 1.70. The molecule has 0 aliphatic carbocycles. The van der Waals surface area contributed by atoms with Gasteiger partial charge in [0.25, 0.3) is 11.6 Å². The number of methoxy groups -OCH3 is 2. The summed E-state index contributed by atoms with van der Waals surface area (Å²) < 4.78 is 11.0. The van der Waals surface area contributed by atoms with E-state index in [9.17, 15) is 14.4 Å². The number of benzene rings is 3. The summed E-state index contributed by atoms with van der Waals surface area (Å²) in [5.41, 5.74) is 9.26. The van der Waals surface area contributed by atoms with Crippen molar-refractivity contribution in [2.24, 2.45) is 10.8 Å². The Morgan fingerprint density at radius 3 is 2.30 bits per heavy atom. The molecule has 3 aromatic carbocycles. The van der Waals surface area contributed by atoms with Gasteiger partial charge in [0.1, 0.15) is 0 Å². The van der Waals surface area contributed by atoms with Gasteiger partial charge in [0, 0.05) is 27.9 Å². The van der Waals surface area contributed by atoms with Gasteiger partial charge in [-0.1, -0.05) is 18.2 Å². The number of carbonyl (C=O) groups excluding carboxylic acids is 3. The van der Waals surface area contributed by atoms with Gasteiger partial charge in [0.05, 0.1) is 26.0 Å². The van der Waals surface area contributed by atoms with Crippen molar-refractivity contribution < 1.29 is 23.9 Å². The molecule has 1 aliphatic rings. The van der Waals surface area contributed by atoms with E-state index in [1.54, 1.807) is 56.7 Å². The largest absolute Gasteiger partial charge is 0.493 e. The molecule has 2 unspecified atom stereocenters. The molecule has 0 spiro atoms. The van der Waals surface area contributed by atoms with Crippen LogP contribution in [0.5, 0.6) is 11.5 Å². The van der Waals surface area contributed by atoms with Gasteiger partial charge in [0.2, 0.25) is 5.91 Å². The minimum atomic E-state index is -0.577. The molecule has 3 aromatic rings. The number of amides is 3. The van der Waals surface area contributed by atoms with Crippen molar-refractivity contribution >= 4 is 38.1 Å². The first kappa shape index (κ1) is 25.9. The molecule has 0 aromatic heterocycles. The highest BCUT2D eigenvalue weighted by molar-refractivity contribution is 7.39. The zero-order valence-electron chi connectivity index (χ0n) is 20.6. The van der Waals surface area contributed by atoms with E-state index < -0.39 is 5.91 Å². The van der Waals surface area contributed by atoms with Crippen molar-refractivity contribution in [3.8, 4) is 11.5 Å². The van der Waals surface area contributed by atoms with Gasteiger partial charge in [-0.25, -0.2) is 5.01 Å². The van der Waals surface area contributed by atoms with E-state index in [4.69, 9.17) is 20.3 Å². The van der Waals surface area contributed by atoms with Crippen LogP contribution < -0.4 is 20.5 Å². The van der Waals surface area contributed by atoms with E-state index in [-0.39, 0.29) is 17.6 Å². The fourth-order valence-electron chi connectivity index (χ4n) is 4.19. The highest BCUT2D eigenvalue weighted by Crippen LogP contribution is 2.35. The number of fused-ring (bicyclic) bond motifs is 1. The van der Waals surface area contributed by atoms with Gasteiger partial charge >= 0.3 is 0 Å². The first-order chi connectivity index (χ1) is 17.7. The third-order valence-corrected chi connectivity index (χ3v) is 6.32. The number of carbonyl (C=O) groups is 3. The molecule has 0 radical (unpaired) electrons. The Morgan fingerprint density at radius 1 is 1.00 bits per heavy atom. The van der Waals surface area contributed by atoms with E-state index in [1.807, 2.05) is 19.1 Å². The molecule has 10 heteroatoms. The molecule has 0 bridgehead atoms. The van der Waals surface area contributed by atoms with E-state index in [0.29, 0.717) is 46.0 Å². The van der Waals surface area contributed by atoms with Gasteiger partial charge < -0.3 is 20.5 Å². The number of nitrogens with two attached hydrogens (primary N) is 1. The molecule has 4 rings (SSSR count). The second-order valence-corrected chi connectivity index (χ2v) is 9.02. The summed E-state index contributed by atoms with van der Waals surface area (Å²) in [4.78, 5) is 36.6. The standard InChI is InChI=1S/C27H27N4O5P/c1-15-11-19-13-22(35-2)23(36-3)14-21(19)24(30-31(15)27(34)37)16-7-9-17(10-8-16)26(33)29-20-6-4-5-18(12-20)25(28)32/h4-10,12-15H,11,37H2,1-3H3,(H2,28,32)(H,29,33). The number of hydrogen-bond donors (Lipinski definition) is 2. The molecule has 0 saturated carbocycles. The zero-order valence-corrected chi connectivity index (χ0v) is 21.8. The number of primary amides is 1. The summed E-state index contributed by atoms with van der Waals surface area (Å²) in [5, 5.41) is 8.91. The van der Waals surface area contributed by atoms with E-state index >= 15 is 0 Å². The number of hydrazone groups is 1. The van der Waals surface area contributed by atoms with Crippen LogP contribution in [0, 0.1) is 0 Å². The van der Waals surface area contributed by atoms with Gasteiger partial charge in [0.15, 0.2) is 11.5 Å². The lowest BCUT2D eigenvalue weighted by Gasteiger charge is -2.21. The van der Waals surface area contributed by atoms with E-state index in [0.717, 1.165) is 11.1 Å². The molecular formula is C27H27N4O5P. The summed E-state index contributed by atoms with van der Waals surface area (Å²) >= 11 is 0. The molecule has 0 saturated heterocycles. The molecule has 9 nitrogen and oxygen atoms in total. The van der Waals surface area contributed by atoms with Crippen LogP contribution in [0.3, 0.4) is 0 Å². The monoisotopic (exact) mass is 518 g/mol. The third-order valence-electron chi connectivity index (χ3n) is 6.06. The maximum Gasteiger partial charge on any atom is 0.257 e. The Labute approximate surface area is 216 Å². The smallest absolute Gasteiger partial charge is 0.257 e. The van der Waals surface area contributed by atoms with Gasteiger partial charge in [-0.3, -0.25) is 14.4 Å². The SMILES string of the molecule is COc1cc2c(cc1OC)C(c1ccc(C(=O)Nc3cccc(C(N)=O)c3)cc1)=NN(C(=O)P)C(C)C2. The minimum absolute atomic E-state index is 0.194. The van der Waals surface area contributed by atoms with Gasteiger partial charge in [-0.05, 0) is 70.6 Å². The average molecular weight is 519 g/mol. The van der Waals surface area contributed by atoms with Gasteiger partial charge in [-0.15, -0.1) is 0 Å².